The SMILES string of the molecule is CCc1ccc(Nc2c(CC)cnc3c2c(=O)n(C)c(=O)n3C)cc1. The molecule has 130 valence electrons. The van der Waals surface area contributed by atoms with Crippen molar-refractivity contribution in [3.05, 3.63) is 62.4 Å². The van der Waals surface area contributed by atoms with Crippen molar-refractivity contribution in [2.75, 3.05) is 5.32 Å². The van der Waals surface area contributed by atoms with Gasteiger partial charge in [-0.05, 0) is 36.1 Å². The van der Waals surface area contributed by atoms with E-state index in [0.717, 1.165) is 28.7 Å². The van der Waals surface area contributed by atoms with Crippen LogP contribution in [0.15, 0.2) is 40.1 Å². The van der Waals surface area contributed by atoms with Crippen LogP contribution in [-0.4, -0.2) is 14.1 Å². The van der Waals surface area contributed by atoms with Gasteiger partial charge in [0.25, 0.3) is 5.56 Å². The second-order valence-corrected chi connectivity index (χ2v) is 6.09. The summed E-state index contributed by atoms with van der Waals surface area (Å²) in [6, 6.07) is 8.12. The van der Waals surface area contributed by atoms with Crippen molar-refractivity contribution in [1.82, 2.24) is 14.1 Å². The molecule has 0 spiro atoms. The van der Waals surface area contributed by atoms with Crippen LogP contribution in [0.3, 0.4) is 0 Å². The maximum absolute atomic E-state index is 12.8. The molecule has 0 amide bonds. The summed E-state index contributed by atoms with van der Waals surface area (Å²) in [5.74, 6) is 0. The second kappa shape index (κ2) is 6.55. The molecular weight excluding hydrogens is 316 g/mol. The molecule has 0 aliphatic carbocycles. The van der Waals surface area contributed by atoms with Crippen LogP contribution in [0.1, 0.15) is 25.0 Å². The van der Waals surface area contributed by atoms with Crippen LogP contribution in [0.4, 0.5) is 11.4 Å². The van der Waals surface area contributed by atoms with Gasteiger partial charge in [-0.1, -0.05) is 26.0 Å². The number of hydrogen-bond acceptors (Lipinski definition) is 4. The third-order valence-corrected chi connectivity index (χ3v) is 4.56. The average Bonchev–Trinajstić information content (AvgIpc) is 2.64. The minimum atomic E-state index is -0.382. The topological polar surface area (TPSA) is 68.9 Å². The van der Waals surface area contributed by atoms with Crippen LogP contribution in [0.5, 0.6) is 0 Å². The summed E-state index contributed by atoms with van der Waals surface area (Å²) >= 11 is 0. The maximum atomic E-state index is 12.8. The Balaban J connectivity index is 2.27. The summed E-state index contributed by atoms with van der Waals surface area (Å²) in [6.07, 6.45) is 3.43. The zero-order valence-electron chi connectivity index (χ0n) is 15.0. The molecule has 25 heavy (non-hydrogen) atoms. The van der Waals surface area contributed by atoms with Gasteiger partial charge < -0.3 is 5.32 Å². The first-order valence-electron chi connectivity index (χ1n) is 8.41. The van der Waals surface area contributed by atoms with Crippen molar-refractivity contribution in [2.45, 2.75) is 26.7 Å². The number of nitrogens with zero attached hydrogens (tertiary/aromatic N) is 3. The van der Waals surface area contributed by atoms with Crippen LogP contribution >= 0.6 is 0 Å². The van der Waals surface area contributed by atoms with Crippen molar-refractivity contribution >= 4 is 22.4 Å². The summed E-state index contributed by atoms with van der Waals surface area (Å²) in [7, 11) is 3.12. The van der Waals surface area contributed by atoms with E-state index < -0.39 is 0 Å². The van der Waals surface area contributed by atoms with Gasteiger partial charge in [-0.2, -0.15) is 0 Å². The van der Waals surface area contributed by atoms with E-state index in [-0.39, 0.29) is 11.2 Å². The zero-order valence-corrected chi connectivity index (χ0v) is 15.0. The summed E-state index contributed by atoms with van der Waals surface area (Å²) in [5, 5.41) is 3.80. The number of pyridine rings is 1. The predicted molar refractivity (Wildman–Crippen MR) is 101 cm³/mol. The highest BCUT2D eigenvalue weighted by molar-refractivity contribution is 5.92. The minimum Gasteiger partial charge on any atom is -0.354 e. The van der Waals surface area contributed by atoms with E-state index in [2.05, 4.69) is 29.4 Å². The van der Waals surface area contributed by atoms with Gasteiger partial charge >= 0.3 is 5.69 Å². The summed E-state index contributed by atoms with van der Waals surface area (Å²) in [5.41, 5.74) is 3.46. The van der Waals surface area contributed by atoms with Crippen molar-refractivity contribution < 1.29 is 0 Å². The number of rotatable bonds is 4. The summed E-state index contributed by atoms with van der Waals surface area (Å²) in [6.45, 7) is 4.12. The van der Waals surface area contributed by atoms with Gasteiger partial charge in [-0.25, -0.2) is 9.78 Å². The molecule has 3 rings (SSSR count). The van der Waals surface area contributed by atoms with Crippen LogP contribution in [0, 0.1) is 0 Å². The van der Waals surface area contributed by atoms with E-state index in [1.165, 1.54) is 17.2 Å². The summed E-state index contributed by atoms with van der Waals surface area (Å²) in [4.78, 5) is 29.3. The van der Waals surface area contributed by atoms with E-state index in [9.17, 15) is 9.59 Å². The molecule has 0 aliphatic heterocycles. The third kappa shape index (κ3) is 2.84. The Bertz CT molecular complexity index is 1050. The van der Waals surface area contributed by atoms with Crippen molar-refractivity contribution in [3.63, 3.8) is 0 Å². The molecule has 0 radical (unpaired) electrons. The maximum Gasteiger partial charge on any atom is 0.332 e. The van der Waals surface area contributed by atoms with Crippen molar-refractivity contribution in [1.29, 1.82) is 0 Å². The minimum absolute atomic E-state index is 0.339. The highest BCUT2D eigenvalue weighted by Gasteiger charge is 2.16. The molecule has 0 atom stereocenters. The number of benzene rings is 1. The fraction of sp³-hybridized carbons (Fsp3) is 0.316. The molecule has 0 unspecified atom stereocenters. The third-order valence-electron chi connectivity index (χ3n) is 4.56. The van der Waals surface area contributed by atoms with Gasteiger partial charge in [0.2, 0.25) is 0 Å². The average molecular weight is 338 g/mol. The molecule has 1 N–H and O–H groups in total. The number of nitrogens with one attached hydrogen (secondary N) is 1. The Morgan fingerprint density at radius 3 is 2.28 bits per heavy atom. The van der Waals surface area contributed by atoms with Gasteiger partial charge in [0.05, 0.1) is 5.69 Å². The molecule has 6 heteroatoms. The number of anilines is 2. The second-order valence-electron chi connectivity index (χ2n) is 6.09. The number of fused-ring (bicyclic) bond motifs is 1. The molecule has 0 aliphatic rings. The van der Waals surface area contributed by atoms with E-state index in [1.54, 1.807) is 13.2 Å². The highest BCUT2D eigenvalue weighted by Crippen LogP contribution is 2.27. The standard InChI is InChI=1S/C19H22N4O2/c1-5-12-7-9-14(10-8-12)21-16-13(6-2)11-20-17-15(16)18(24)23(4)19(25)22(17)3/h7-11H,5-6H2,1-4H3,(H,20,21). The van der Waals surface area contributed by atoms with E-state index in [4.69, 9.17) is 0 Å². The highest BCUT2D eigenvalue weighted by atomic mass is 16.2. The lowest BCUT2D eigenvalue weighted by Crippen LogP contribution is -2.37. The molecule has 3 aromatic rings. The molecule has 0 bridgehead atoms. The number of aryl methyl sites for hydroxylation is 3. The molecule has 0 saturated heterocycles. The molecular formula is C19H22N4O2. The molecule has 2 heterocycles. The lowest BCUT2D eigenvalue weighted by Gasteiger charge is -2.15. The number of aromatic nitrogens is 3. The lowest BCUT2D eigenvalue weighted by molar-refractivity contribution is 0.707. The largest absolute Gasteiger partial charge is 0.354 e. The Labute approximate surface area is 145 Å². The fourth-order valence-electron chi connectivity index (χ4n) is 2.95. The van der Waals surface area contributed by atoms with E-state index in [1.807, 2.05) is 19.1 Å². The van der Waals surface area contributed by atoms with E-state index >= 15 is 0 Å². The fourth-order valence-corrected chi connectivity index (χ4v) is 2.95. The van der Waals surface area contributed by atoms with Gasteiger partial charge in [0.1, 0.15) is 5.39 Å². The smallest absolute Gasteiger partial charge is 0.332 e. The van der Waals surface area contributed by atoms with Gasteiger partial charge in [-0.15, -0.1) is 0 Å². The first-order chi connectivity index (χ1) is 12.0. The predicted octanol–water partition coefficient (Wildman–Crippen LogP) is 2.50. The van der Waals surface area contributed by atoms with Gasteiger partial charge in [0, 0.05) is 26.0 Å². The van der Waals surface area contributed by atoms with Gasteiger partial charge in [-0.3, -0.25) is 13.9 Å². The molecule has 2 aromatic heterocycles. The van der Waals surface area contributed by atoms with Crippen LogP contribution < -0.4 is 16.6 Å². The normalized spacial score (nSPS) is 11.0. The first-order valence-corrected chi connectivity index (χ1v) is 8.41. The summed E-state index contributed by atoms with van der Waals surface area (Å²) < 4.78 is 2.52. The van der Waals surface area contributed by atoms with Crippen LogP contribution in [0.2, 0.25) is 0 Å². The van der Waals surface area contributed by atoms with Crippen LogP contribution in [0.25, 0.3) is 11.0 Å². The lowest BCUT2D eigenvalue weighted by atomic mass is 10.1. The Morgan fingerprint density at radius 2 is 1.68 bits per heavy atom. The molecule has 6 nitrogen and oxygen atoms in total. The quantitative estimate of drug-likeness (QED) is 0.793. The zero-order chi connectivity index (χ0) is 18.1. The van der Waals surface area contributed by atoms with Crippen molar-refractivity contribution in [2.24, 2.45) is 14.1 Å². The first kappa shape index (κ1) is 17.0. The van der Waals surface area contributed by atoms with Crippen molar-refractivity contribution in [3.8, 4) is 0 Å². The molecule has 1 aromatic carbocycles. The Morgan fingerprint density at radius 1 is 1.00 bits per heavy atom. The Hall–Kier alpha value is -2.89. The van der Waals surface area contributed by atoms with Crippen LogP contribution in [-0.2, 0) is 26.9 Å². The van der Waals surface area contributed by atoms with Gasteiger partial charge in [0.15, 0.2) is 5.65 Å². The number of hydrogen-bond donors (Lipinski definition) is 1. The molecule has 0 saturated carbocycles. The Kier molecular flexibility index (Phi) is 4.44. The van der Waals surface area contributed by atoms with E-state index in [0.29, 0.717) is 16.7 Å². The molecule has 0 fully saturated rings. The monoisotopic (exact) mass is 338 g/mol.